The van der Waals surface area contributed by atoms with Gasteiger partial charge in [-0.3, -0.25) is 19.6 Å². The van der Waals surface area contributed by atoms with E-state index in [-0.39, 0.29) is 26.4 Å². The van der Waals surface area contributed by atoms with Crippen molar-refractivity contribution in [2.24, 2.45) is 5.73 Å². The van der Waals surface area contributed by atoms with Crippen molar-refractivity contribution in [1.82, 2.24) is 16.1 Å². The predicted octanol–water partition coefficient (Wildman–Crippen LogP) is 1.62. The Hall–Kier alpha value is -4.15. The third-order valence-corrected chi connectivity index (χ3v) is 4.75. The van der Waals surface area contributed by atoms with Crippen molar-refractivity contribution in [1.29, 1.82) is 0 Å². The average Bonchev–Trinajstić information content (AvgIpc) is 2.88. The molecule has 0 aliphatic heterocycles. The summed E-state index contributed by atoms with van der Waals surface area (Å²) in [6.07, 6.45) is 2.12. The number of rotatable bonds is 10. The molecule has 0 saturated carbocycles. The van der Waals surface area contributed by atoms with Crippen molar-refractivity contribution in [3.8, 4) is 23.7 Å². The Labute approximate surface area is 212 Å². The summed E-state index contributed by atoms with van der Waals surface area (Å²) in [6.45, 7) is 3.04. The summed E-state index contributed by atoms with van der Waals surface area (Å²) >= 11 is 0. The molecule has 0 aliphatic rings. The molecule has 190 valence electrons. The molecule has 2 aromatic rings. The number of amides is 3. The third kappa shape index (κ3) is 10.4. The standard InChI is InChI=1S/C26H29N5O4.CH4/c1-2-3-16-28-18-24(32)29-22-14-10-20(11-15-22)7-5-4-6-19-8-12-21(13-9-19)25(33)30-23(17-27)26(34)31-35;/h8-15,23,28,35H,2-3,16-18,27H2,1H3,(H,29,32)(H,30,33)(H,31,34);1H4/t23-;/m0./s1. The molecular formula is C27H33N5O4. The van der Waals surface area contributed by atoms with Crippen molar-refractivity contribution in [3.05, 3.63) is 65.2 Å². The van der Waals surface area contributed by atoms with Gasteiger partial charge < -0.3 is 21.7 Å². The van der Waals surface area contributed by atoms with Crippen molar-refractivity contribution in [2.45, 2.75) is 33.2 Å². The Morgan fingerprint density at radius 1 is 0.972 bits per heavy atom. The lowest BCUT2D eigenvalue weighted by molar-refractivity contribution is -0.130. The SMILES string of the molecule is C.CCCCNCC(=O)Nc1ccc(C#CC#Cc2ccc(C(=O)N[C@@H](CN)C(=O)NO)cc2)cc1. The Bertz CT molecular complexity index is 1120. The summed E-state index contributed by atoms with van der Waals surface area (Å²) in [5.74, 6) is 9.96. The maximum absolute atomic E-state index is 12.2. The molecule has 0 aliphatic carbocycles. The number of benzene rings is 2. The molecule has 0 radical (unpaired) electrons. The zero-order valence-corrected chi connectivity index (χ0v) is 19.5. The van der Waals surface area contributed by atoms with Gasteiger partial charge in [0.25, 0.3) is 11.8 Å². The summed E-state index contributed by atoms with van der Waals surface area (Å²) in [5.41, 5.74) is 9.31. The van der Waals surface area contributed by atoms with Crippen molar-refractivity contribution >= 4 is 23.4 Å². The summed E-state index contributed by atoms with van der Waals surface area (Å²) < 4.78 is 0. The van der Waals surface area contributed by atoms with E-state index in [1.807, 2.05) is 0 Å². The van der Waals surface area contributed by atoms with Crippen molar-refractivity contribution < 1.29 is 19.6 Å². The number of nitrogens with two attached hydrogens (primary N) is 1. The fourth-order valence-corrected chi connectivity index (χ4v) is 2.81. The second-order valence-electron chi connectivity index (χ2n) is 7.47. The van der Waals surface area contributed by atoms with E-state index in [9.17, 15) is 14.4 Å². The number of nitrogens with one attached hydrogen (secondary N) is 4. The van der Waals surface area contributed by atoms with Crippen LogP contribution in [0.25, 0.3) is 0 Å². The quantitative estimate of drug-likeness (QED) is 0.129. The molecular weight excluding hydrogens is 458 g/mol. The summed E-state index contributed by atoms with van der Waals surface area (Å²) in [5, 5.41) is 17.0. The molecule has 1 atom stereocenters. The highest BCUT2D eigenvalue weighted by atomic mass is 16.5. The lowest BCUT2D eigenvalue weighted by atomic mass is 10.1. The van der Waals surface area contributed by atoms with Crippen LogP contribution in [0.4, 0.5) is 5.69 Å². The van der Waals surface area contributed by atoms with Gasteiger partial charge in [-0.15, -0.1) is 0 Å². The van der Waals surface area contributed by atoms with E-state index in [1.165, 1.54) is 5.48 Å². The van der Waals surface area contributed by atoms with E-state index in [2.05, 4.69) is 46.6 Å². The number of hydrogen-bond donors (Lipinski definition) is 6. The molecule has 9 nitrogen and oxygen atoms in total. The molecule has 2 aromatic carbocycles. The Morgan fingerprint density at radius 3 is 2.08 bits per heavy atom. The normalized spacial score (nSPS) is 10.3. The second kappa shape index (κ2) is 16.5. The highest BCUT2D eigenvalue weighted by molar-refractivity contribution is 5.97. The number of hydrogen-bond acceptors (Lipinski definition) is 6. The lowest BCUT2D eigenvalue weighted by Gasteiger charge is -2.14. The zero-order valence-electron chi connectivity index (χ0n) is 19.5. The van der Waals surface area contributed by atoms with Gasteiger partial charge in [0.15, 0.2) is 0 Å². The first-order chi connectivity index (χ1) is 17.0. The van der Waals surface area contributed by atoms with E-state index in [0.29, 0.717) is 16.8 Å². The van der Waals surface area contributed by atoms with Crippen LogP contribution in [0, 0.1) is 23.7 Å². The minimum absolute atomic E-state index is 0. The number of unbranched alkanes of at least 4 members (excludes halogenated alkanes) is 1. The second-order valence-corrected chi connectivity index (χ2v) is 7.47. The molecule has 0 spiro atoms. The van der Waals surface area contributed by atoms with Gasteiger partial charge in [-0.1, -0.05) is 32.6 Å². The van der Waals surface area contributed by atoms with Crippen LogP contribution in [-0.4, -0.2) is 48.6 Å². The smallest absolute Gasteiger partial charge is 0.267 e. The Kier molecular flexibility index (Phi) is 13.7. The molecule has 36 heavy (non-hydrogen) atoms. The fourth-order valence-electron chi connectivity index (χ4n) is 2.81. The minimum atomic E-state index is -1.04. The Balaban J connectivity index is 0.00000648. The minimum Gasteiger partial charge on any atom is -0.339 e. The van der Waals surface area contributed by atoms with Crippen LogP contribution in [0.3, 0.4) is 0 Å². The monoisotopic (exact) mass is 491 g/mol. The molecule has 0 bridgehead atoms. The largest absolute Gasteiger partial charge is 0.339 e. The topological polar surface area (TPSA) is 146 Å². The number of carbonyl (C=O) groups excluding carboxylic acids is 3. The summed E-state index contributed by atoms with van der Waals surface area (Å²) in [4.78, 5) is 35.5. The van der Waals surface area contributed by atoms with E-state index >= 15 is 0 Å². The fraction of sp³-hybridized carbons (Fsp3) is 0.296. The van der Waals surface area contributed by atoms with Gasteiger partial charge in [-0.2, -0.15) is 0 Å². The van der Waals surface area contributed by atoms with Crippen molar-refractivity contribution in [2.75, 3.05) is 25.0 Å². The molecule has 0 unspecified atom stereocenters. The summed E-state index contributed by atoms with van der Waals surface area (Å²) in [6, 6.07) is 12.5. The van der Waals surface area contributed by atoms with Gasteiger partial charge in [0, 0.05) is 28.9 Å². The molecule has 0 heterocycles. The van der Waals surface area contributed by atoms with Gasteiger partial charge in [-0.25, -0.2) is 5.48 Å². The van der Waals surface area contributed by atoms with Crippen LogP contribution >= 0.6 is 0 Å². The first kappa shape index (κ1) is 29.9. The molecule has 3 amide bonds. The zero-order chi connectivity index (χ0) is 25.5. The molecule has 9 heteroatoms. The summed E-state index contributed by atoms with van der Waals surface area (Å²) in [7, 11) is 0. The maximum Gasteiger partial charge on any atom is 0.267 e. The molecule has 7 N–H and O–H groups in total. The van der Waals surface area contributed by atoms with Crippen molar-refractivity contribution in [3.63, 3.8) is 0 Å². The van der Waals surface area contributed by atoms with Crippen LogP contribution in [-0.2, 0) is 9.59 Å². The van der Waals surface area contributed by atoms with Gasteiger partial charge >= 0.3 is 0 Å². The average molecular weight is 492 g/mol. The van der Waals surface area contributed by atoms with E-state index in [1.54, 1.807) is 48.5 Å². The molecule has 0 saturated heterocycles. The maximum atomic E-state index is 12.2. The molecule has 0 fully saturated rings. The first-order valence-electron chi connectivity index (χ1n) is 11.1. The predicted molar refractivity (Wildman–Crippen MR) is 140 cm³/mol. The van der Waals surface area contributed by atoms with Gasteiger partial charge in [0.2, 0.25) is 5.91 Å². The highest BCUT2D eigenvalue weighted by Crippen LogP contribution is 2.08. The lowest BCUT2D eigenvalue weighted by Crippen LogP contribution is -2.50. The number of hydroxylamine groups is 1. The Morgan fingerprint density at radius 2 is 1.56 bits per heavy atom. The van der Waals surface area contributed by atoms with Crippen LogP contribution in [0.2, 0.25) is 0 Å². The van der Waals surface area contributed by atoms with Gasteiger partial charge in [0.1, 0.15) is 6.04 Å². The van der Waals surface area contributed by atoms with E-state index in [0.717, 1.165) is 24.9 Å². The van der Waals surface area contributed by atoms with Crippen LogP contribution in [0.15, 0.2) is 48.5 Å². The van der Waals surface area contributed by atoms with Gasteiger partial charge in [0.05, 0.1) is 6.54 Å². The van der Waals surface area contributed by atoms with Crippen LogP contribution in [0.5, 0.6) is 0 Å². The van der Waals surface area contributed by atoms with E-state index in [4.69, 9.17) is 10.9 Å². The molecule has 0 aromatic heterocycles. The highest BCUT2D eigenvalue weighted by Gasteiger charge is 2.19. The molecule has 2 rings (SSSR count). The number of carbonyl (C=O) groups is 3. The third-order valence-electron chi connectivity index (χ3n) is 4.75. The number of anilines is 1. The van der Waals surface area contributed by atoms with Gasteiger partial charge in [-0.05, 0) is 73.3 Å². The first-order valence-corrected chi connectivity index (χ1v) is 11.1. The van der Waals surface area contributed by atoms with Crippen LogP contribution in [0.1, 0.15) is 48.7 Å². The van der Waals surface area contributed by atoms with E-state index < -0.39 is 17.9 Å². The van der Waals surface area contributed by atoms with Crippen LogP contribution < -0.4 is 27.2 Å².